The minimum absolute atomic E-state index is 0.507. The van der Waals surface area contributed by atoms with Gasteiger partial charge in [-0.3, -0.25) is 5.10 Å². The van der Waals surface area contributed by atoms with E-state index in [1.54, 1.807) is 0 Å². The molecular formula is C14H21N7. The Morgan fingerprint density at radius 2 is 1.90 bits per heavy atom. The maximum Gasteiger partial charge on any atom is 0.224 e. The Morgan fingerprint density at radius 1 is 1.24 bits per heavy atom. The van der Waals surface area contributed by atoms with Crippen LogP contribution in [0.3, 0.4) is 0 Å². The topological polar surface area (TPSA) is 87.0 Å². The van der Waals surface area contributed by atoms with Crippen molar-refractivity contribution in [2.45, 2.75) is 18.8 Å². The normalized spacial score (nSPS) is 16.2. The van der Waals surface area contributed by atoms with Gasteiger partial charge in [-0.1, -0.05) is 0 Å². The second kappa shape index (κ2) is 5.59. The molecule has 3 rings (SSSR count). The minimum Gasteiger partial charge on any atom is -0.382 e. The molecule has 0 radical (unpaired) electrons. The maximum absolute atomic E-state index is 5.67. The van der Waals surface area contributed by atoms with Crippen molar-refractivity contribution in [2.24, 2.45) is 0 Å². The summed E-state index contributed by atoms with van der Waals surface area (Å²) < 4.78 is 0. The monoisotopic (exact) mass is 287 g/mol. The highest BCUT2D eigenvalue weighted by Gasteiger charge is 2.22. The van der Waals surface area contributed by atoms with Crippen molar-refractivity contribution >= 4 is 17.5 Å². The zero-order chi connectivity index (χ0) is 14.8. The molecule has 21 heavy (non-hydrogen) atoms. The van der Waals surface area contributed by atoms with Crippen LogP contribution in [0.5, 0.6) is 0 Å². The summed E-state index contributed by atoms with van der Waals surface area (Å²) in [5.74, 6) is 1.81. The molecule has 7 nitrogen and oxygen atoms in total. The van der Waals surface area contributed by atoms with Gasteiger partial charge in [0.1, 0.15) is 5.82 Å². The largest absolute Gasteiger partial charge is 0.382 e. The SMILES string of the molecule is CN(C)c1ncc(N2CCC(c3cc(N)n[nH]3)CC2)cn1. The van der Waals surface area contributed by atoms with E-state index in [0.29, 0.717) is 11.7 Å². The number of anilines is 3. The summed E-state index contributed by atoms with van der Waals surface area (Å²) >= 11 is 0. The number of H-pyrrole nitrogens is 1. The Hall–Kier alpha value is -2.31. The first-order valence-corrected chi connectivity index (χ1v) is 7.18. The lowest BCUT2D eigenvalue weighted by Crippen LogP contribution is -2.33. The number of piperidine rings is 1. The molecule has 2 aromatic heterocycles. The van der Waals surface area contributed by atoms with Gasteiger partial charge >= 0.3 is 0 Å². The third-order valence-electron chi connectivity index (χ3n) is 3.94. The molecule has 2 aromatic rings. The van der Waals surface area contributed by atoms with Crippen LogP contribution in [0.15, 0.2) is 18.5 Å². The average Bonchev–Trinajstić information content (AvgIpc) is 2.94. The van der Waals surface area contributed by atoms with Crippen molar-refractivity contribution in [1.29, 1.82) is 0 Å². The van der Waals surface area contributed by atoms with Crippen LogP contribution in [0.1, 0.15) is 24.5 Å². The molecule has 0 amide bonds. The highest BCUT2D eigenvalue weighted by molar-refractivity contribution is 5.45. The third-order valence-corrected chi connectivity index (χ3v) is 3.94. The smallest absolute Gasteiger partial charge is 0.224 e. The van der Waals surface area contributed by atoms with Gasteiger partial charge in [0.15, 0.2) is 0 Å². The molecule has 0 saturated carbocycles. The number of nitrogens with two attached hydrogens (primary N) is 1. The van der Waals surface area contributed by atoms with E-state index in [9.17, 15) is 0 Å². The van der Waals surface area contributed by atoms with Crippen molar-refractivity contribution < 1.29 is 0 Å². The van der Waals surface area contributed by atoms with E-state index >= 15 is 0 Å². The van der Waals surface area contributed by atoms with Crippen molar-refractivity contribution in [3.05, 3.63) is 24.2 Å². The average molecular weight is 287 g/mol. The summed E-state index contributed by atoms with van der Waals surface area (Å²) in [5.41, 5.74) is 7.90. The molecule has 0 unspecified atom stereocenters. The highest BCUT2D eigenvalue weighted by atomic mass is 15.2. The first-order valence-electron chi connectivity index (χ1n) is 7.18. The zero-order valence-corrected chi connectivity index (χ0v) is 12.5. The molecule has 0 aliphatic carbocycles. The van der Waals surface area contributed by atoms with E-state index < -0.39 is 0 Å². The summed E-state index contributed by atoms with van der Waals surface area (Å²) in [7, 11) is 3.88. The molecular weight excluding hydrogens is 266 g/mol. The van der Waals surface area contributed by atoms with Gasteiger partial charge in [0.05, 0.1) is 18.1 Å². The van der Waals surface area contributed by atoms with Crippen LogP contribution in [0.4, 0.5) is 17.5 Å². The Kier molecular flexibility index (Phi) is 3.64. The number of nitrogens with one attached hydrogen (secondary N) is 1. The Labute approximate surface area is 124 Å². The molecule has 1 aliphatic rings. The lowest BCUT2D eigenvalue weighted by atomic mass is 9.93. The molecule has 1 saturated heterocycles. The summed E-state index contributed by atoms with van der Waals surface area (Å²) in [5, 5.41) is 7.04. The Bertz CT molecular complexity index is 582. The van der Waals surface area contributed by atoms with Crippen LogP contribution in [-0.4, -0.2) is 47.4 Å². The van der Waals surface area contributed by atoms with Crippen molar-refractivity contribution in [3.8, 4) is 0 Å². The number of nitrogen functional groups attached to an aromatic ring is 1. The Morgan fingerprint density at radius 3 is 2.43 bits per heavy atom. The fraction of sp³-hybridized carbons (Fsp3) is 0.500. The molecule has 3 N–H and O–H groups in total. The van der Waals surface area contributed by atoms with Crippen molar-refractivity contribution in [3.63, 3.8) is 0 Å². The molecule has 1 fully saturated rings. The van der Waals surface area contributed by atoms with Gasteiger partial charge in [0, 0.05) is 44.9 Å². The zero-order valence-electron chi connectivity index (χ0n) is 12.5. The molecule has 0 spiro atoms. The molecule has 3 heterocycles. The molecule has 112 valence electrons. The Balaban J connectivity index is 1.62. The second-order valence-corrected chi connectivity index (χ2v) is 5.65. The number of nitrogens with zero attached hydrogens (tertiary/aromatic N) is 5. The van der Waals surface area contributed by atoms with Gasteiger partial charge in [0.2, 0.25) is 5.95 Å². The molecule has 7 heteroatoms. The van der Waals surface area contributed by atoms with Crippen LogP contribution in [-0.2, 0) is 0 Å². The lowest BCUT2D eigenvalue weighted by molar-refractivity contribution is 0.495. The fourth-order valence-electron chi connectivity index (χ4n) is 2.72. The van der Waals surface area contributed by atoms with Gasteiger partial charge in [-0.25, -0.2) is 9.97 Å². The lowest BCUT2D eigenvalue weighted by Gasteiger charge is -2.32. The van der Waals surface area contributed by atoms with E-state index in [2.05, 4.69) is 25.1 Å². The summed E-state index contributed by atoms with van der Waals surface area (Å²) in [6.07, 6.45) is 5.96. The van der Waals surface area contributed by atoms with Gasteiger partial charge in [0.25, 0.3) is 0 Å². The minimum atomic E-state index is 0.507. The number of rotatable bonds is 3. The molecule has 0 bridgehead atoms. The predicted octanol–water partition coefficient (Wildman–Crippen LogP) is 1.23. The van der Waals surface area contributed by atoms with Crippen LogP contribution in [0.2, 0.25) is 0 Å². The van der Waals surface area contributed by atoms with Crippen LogP contribution in [0.25, 0.3) is 0 Å². The molecule has 0 atom stereocenters. The van der Waals surface area contributed by atoms with Gasteiger partial charge in [-0.15, -0.1) is 0 Å². The summed E-state index contributed by atoms with van der Waals surface area (Å²) in [4.78, 5) is 13.0. The van der Waals surface area contributed by atoms with E-state index in [0.717, 1.165) is 43.3 Å². The molecule has 0 aromatic carbocycles. The first kappa shape index (κ1) is 13.7. The standard InChI is InChI=1S/C14H21N7/c1-20(2)14-16-8-11(9-17-14)21-5-3-10(4-6-21)12-7-13(15)19-18-12/h7-10H,3-6H2,1-2H3,(H3,15,18,19). The van der Waals surface area contributed by atoms with E-state index in [-0.39, 0.29) is 0 Å². The van der Waals surface area contributed by atoms with Crippen LogP contribution in [0, 0.1) is 0 Å². The molecule has 1 aliphatic heterocycles. The summed E-state index contributed by atoms with van der Waals surface area (Å²) in [6.45, 7) is 1.99. The number of aromatic nitrogens is 4. The van der Waals surface area contributed by atoms with E-state index in [4.69, 9.17) is 5.73 Å². The number of aromatic amines is 1. The van der Waals surface area contributed by atoms with Crippen molar-refractivity contribution in [1.82, 2.24) is 20.2 Å². The first-order chi connectivity index (χ1) is 10.1. The van der Waals surface area contributed by atoms with E-state index in [1.165, 1.54) is 0 Å². The predicted molar refractivity (Wildman–Crippen MR) is 83.5 cm³/mol. The van der Waals surface area contributed by atoms with Gasteiger partial charge < -0.3 is 15.5 Å². The van der Waals surface area contributed by atoms with E-state index in [1.807, 2.05) is 37.5 Å². The fourth-order valence-corrected chi connectivity index (χ4v) is 2.72. The number of hydrogen-bond acceptors (Lipinski definition) is 6. The highest BCUT2D eigenvalue weighted by Crippen LogP contribution is 2.29. The van der Waals surface area contributed by atoms with Crippen LogP contribution < -0.4 is 15.5 Å². The number of hydrogen-bond donors (Lipinski definition) is 2. The maximum atomic E-state index is 5.67. The van der Waals surface area contributed by atoms with Crippen molar-refractivity contribution in [2.75, 3.05) is 42.7 Å². The third kappa shape index (κ3) is 2.91. The van der Waals surface area contributed by atoms with Gasteiger partial charge in [-0.05, 0) is 12.8 Å². The summed E-state index contributed by atoms with van der Waals surface area (Å²) in [6, 6.07) is 1.94. The van der Waals surface area contributed by atoms with Crippen LogP contribution >= 0.6 is 0 Å². The second-order valence-electron chi connectivity index (χ2n) is 5.65. The van der Waals surface area contributed by atoms with Gasteiger partial charge in [-0.2, -0.15) is 5.10 Å². The quantitative estimate of drug-likeness (QED) is 0.883.